The quantitative estimate of drug-likeness (QED) is 0.730. The molecule has 0 spiro atoms. The van der Waals surface area contributed by atoms with Crippen molar-refractivity contribution in [1.82, 2.24) is 14.4 Å². The van der Waals surface area contributed by atoms with Gasteiger partial charge in [-0.05, 0) is 6.42 Å². The Morgan fingerprint density at radius 3 is 2.67 bits per heavy atom. The Morgan fingerprint density at radius 1 is 1.33 bits per heavy atom. The van der Waals surface area contributed by atoms with Gasteiger partial charge in [0, 0.05) is 12.4 Å². The van der Waals surface area contributed by atoms with Crippen molar-refractivity contribution in [2.24, 2.45) is 0 Å². The molecule has 0 atom stereocenters. The molecule has 0 N–H and O–H groups in total. The number of halogens is 3. The molecule has 2 aromatic heterocycles. The van der Waals surface area contributed by atoms with E-state index < -0.39 is 11.9 Å². The molecule has 0 fully saturated rings. The molecule has 80 valence electrons. The first-order valence-corrected chi connectivity index (χ1v) is 4.41. The van der Waals surface area contributed by atoms with E-state index in [-0.39, 0.29) is 0 Å². The molecule has 2 heterocycles. The summed E-state index contributed by atoms with van der Waals surface area (Å²) in [7, 11) is 0. The molecule has 0 amide bonds. The molecule has 3 nitrogen and oxygen atoms in total. The highest BCUT2D eigenvalue weighted by Crippen LogP contribution is 2.27. The average Bonchev–Trinajstić information content (AvgIpc) is 2.57. The Bertz CT molecular complexity index is 487. The smallest absolute Gasteiger partial charge is 0.303 e. The van der Waals surface area contributed by atoms with Crippen LogP contribution in [0.2, 0.25) is 0 Å². The summed E-state index contributed by atoms with van der Waals surface area (Å²) in [6.07, 6.45) is -0.0798. The molecule has 2 rings (SSSR count). The summed E-state index contributed by atoms with van der Waals surface area (Å²) >= 11 is 0. The summed E-state index contributed by atoms with van der Waals surface area (Å²) in [5, 5.41) is 0. The molecule has 0 aliphatic rings. The number of aryl methyl sites for hydroxylation is 1. The summed E-state index contributed by atoms with van der Waals surface area (Å²) in [5.74, 6) is 0. The fourth-order valence-electron chi connectivity index (χ4n) is 1.27. The minimum absolute atomic E-state index is 0.430. The van der Waals surface area contributed by atoms with Gasteiger partial charge >= 0.3 is 6.18 Å². The maximum absolute atomic E-state index is 12.3. The van der Waals surface area contributed by atoms with E-state index in [2.05, 4.69) is 9.97 Å². The molecule has 0 radical (unpaired) electrons. The molecule has 0 bridgehead atoms. The third kappa shape index (κ3) is 1.79. The SMILES string of the molecule is CCc1cn2cc(C(F)(F)F)ncc2n1. The molecule has 6 heteroatoms. The lowest BCUT2D eigenvalue weighted by atomic mass is 10.4. The third-order valence-corrected chi connectivity index (χ3v) is 2.04. The van der Waals surface area contributed by atoms with Crippen LogP contribution in [0.5, 0.6) is 0 Å². The first kappa shape index (κ1) is 9.95. The Balaban J connectivity index is 2.55. The van der Waals surface area contributed by atoms with Crippen molar-refractivity contribution in [3.63, 3.8) is 0 Å². The third-order valence-electron chi connectivity index (χ3n) is 2.04. The highest BCUT2D eigenvalue weighted by molar-refractivity contribution is 5.37. The van der Waals surface area contributed by atoms with Gasteiger partial charge in [0.1, 0.15) is 0 Å². The van der Waals surface area contributed by atoms with Crippen LogP contribution in [-0.2, 0) is 12.6 Å². The van der Waals surface area contributed by atoms with E-state index in [9.17, 15) is 13.2 Å². The van der Waals surface area contributed by atoms with Crippen molar-refractivity contribution in [2.45, 2.75) is 19.5 Å². The van der Waals surface area contributed by atoms with Crippen LogP contribution >= 0.6 is 0 Å². The van der Waals surface area contributed by atoms with E-state index in [1.807, 2.05) is 6.92 Å². The second-order valence-corrected chi connectivity index (χ2v) is 3.12. The lowest BCUT2D eigenvalue weighted by molar-refractivity contribution is -0.141. The van der Waals surface area contributed by atoms with Gasteiger partial charge in [-0.3, -0.25) is 0 Å². The van der Waals surface area contributed by atoms with E-state index >= 15 is 0 Å². The monoisotopic (exact) mass is 215 g/mol. The van der Waals surface area contributed by atoms with Gasteiger partial charge < -0.3 is 4.40 Å². The second-order valence-electron chi connectivity index (χ2n) is 3.12. The zero-order valence-electron chi connectivity index (χ0n) is 7.91. The molecule has 0 aliphatic heterocycles. The molecular formula is C9H8F3N3. The first-order valence-electron chi connectivity index (χ1n) is 4.41. The molecule has 0 unspecified atom stereocenters. The molecular weight excluding hydrogens is 207 g/mol. The summed E-state index contributed by atoms with van der Waals surface area (Å²) < 4.78 is 38.3. The summed E-state index contributed by atoms with van der Waals surface area (Å²) in [4.78, 5) is 7.40. The topological polar surface area (TPSA) is 30.2 Å². The standard InChI is InChI=1S/C9H8F3N3/c1-2-6-4-15-5-7(9(10,11)12)13-3-8(15)14-6/h3-5H,2H2,1H3. The maximum Gasteiger partial charge on any atom is 0.434 e. The van der Waals surface area contributed by atoms with Crippen molar-refractivity contribution >= 4 is 5.65 Å². The molecule has 2 aromatic rings. The van der Waals surface area contributed by atoms with E-state index in [0.29, 0.717) is 12.1 Å². The highest BCUT2D eigenvalue weighted by Gasteiger charge is 2.32. The van der Waals surface area contributed by atoms with Gasteiger partial charge in [0.05, 0.1) is 11.9 Å². The molecule has 0 saturated heterocycles. The Labute approximate surface area is 83.6 Å². The molecule has 0 aliphatic carbocycles. The van der Waals surface area contributed by atoms with E-state index in [0.717, 1.165) is 18.1 Å². The van der Waals surface area contributed by atoms with Gasteiger partial charge in [-0.1, -0.05) is 6.92 Å². The van der Waals surface area contributed by atoms with Crippen LogP contribution in [0.4, 0.5) is 13.2 Å². The largest absolute Gasteiger partial charge is 0.434 e. The fourth-order valence-corrected chi connectivity index (χ4v) is 1.27. The number of hydrogen-bond donors (Lipinski definition) is 0. The normalized spacial score (nSPS) is 12.3. The minimum atomic E-state index is -4.41. The number of hydrogen-bond acceptors (Lipinski definition) is 2. The first-order chi connectivity index (χ1) is 7.00. The van der Waals surface area contributed by atoms with Gasteiger partial charge in [-0.15, -0.1) is 0 Å². The van der Waals surface area contributed by atoms with Gasteiger partial charge in [-0.2, -0.15) is 13.2 Å². The van der Waals surface area contributed by atoms with Crippen molar-refractivity contribution < 1.29 is 13.2 Å². The Kier molecular flexibility index (Phi) is 2.13. The second kappa shape index (κ2) is 3.22. The number of nitrogens with zero attached hydrogens (tertiary/aromatic N) is 3. The van der Waals surface area contributed by atoms with E-state index in [1.54, 1.807) is 6.20 Å². The van der Waals surface area contributed by atoms with Crippen LogP contribution in [0.1, 0.15) is 18.3 Å². The lowest BCUT2D eigenvalue weighted by Crippen LogP contribution is -2.08. The Hall–Kier alpha value is -1.59. The lowest BCUT2D eigenvalue weighted by Gasteiger charge is -2.04. The number of alkyl halides is 3. The maximum atomic E-state index is 12.3. The van der Waals surface area contributed by atoms with Crippen molar-refractivity contribution in [2.75, 3.05) is 0 Å². The molecule has 0 aromatic carbocycles. The van der Waals surface area contributed by atoms with Crippen LogP contribution < -0.4 is 0 Å². The van der Waals surface area contributed by atoms with E-state index in [4.69, 9.17) is 0 Å². The van der Waals surface area contributed by atoms with Crippen LogP contribution in [0.15, 0.2) is 18.6 Å². The number of fused-ring (bicyclic) bond motifs is 1. The van der Waals surface area contributed by atoms with Gasteiger partial charge in [0.25, 0.3) is 0 Å². The van der Waals surface area contributed by atoms with Crippen LogP contribution in [-0.4, -0.2) is 14.4 Å². The fraction of sp³-hybridized carbons (Fsp3) is 0.333. The van der Waals surface area contributed by atoms with Crippen molar-refractivity contribution in [1.29, 1.82) is 0 Å². The Morgan fingerprint density at radius 2 is 2.07 bits per heavy atom. The van der Waals surface area contributed by atoms with Crippen LogP contribution in [0, 0.1) is 0 Å². The molecule has 0 saturated carbocycles. The van der Waals surface area contributed by atoms with E-state index in [1.165, 1.54) is 4.40 Å². The minimum Gasteiger partial charge on any atom is -0.303 e. The van der Waals surface area contributed by atoms with Crippen molar-refractivity contribution in [3.8, 4) is 0 Å². The van der Waals surface area contributed by atoms with Crippen LogP contribution in [0.3, 0.4) is 0 Å². The zero-order valence-corrected chi connectivity index (χ0v) is 7.91. The predicted molar refractivity (Wildman–Crippen MR) is 47.4 cm³/mol. The number of imidazole rings is 1. The summed E-state index contributed by atoms with van der Waals surface area (Å²) in [5.41, 5.74) is 0.269. The molecule has 15 heavy (non-hydrogen) atoms. The summed E-state index contributed by atoms with van der Waals surface area (Å²) in [6.45, 7) is 1.89. The number of aromatic nitrogens is 3. The number of rotatable bonds is 1. The zero-order chi connectivity index (χ0) is 11.1. The average molecular weight is 215 g/mol. The van der Waals surface area contributed by atoms with Crippen molar-refractivity contribution in [3.05, 3.63) is 30.0 Å². The van der Waals surface area contributed by atoms with Gasteiger partial charge in [0.15, 0.2) is 11.3 Å². The van der Waals surface area contributed by atoms with Gasteiger partial charge in [-0.25, -0.2) is 9.97 Å². The predicted octanol–water partition coefficient (Wildman–Crippen LogP) is 2.31. The highest BCUT2D eigenvalue weighted by atomic mass is 19.4. The van der Waals surface area contributed by atoms with Gasteiger partial charge in [0.2, 0.25) is 0 Å². The van der Waals surface area contributed by atoms with Crippen LogP contribution in [0.25, 0.3) is 5.65 Å². The summed E-state index contributed by atoms with van der Waals surface area (Å²) in [6, 6.07) is 0.